The largest absolute Gasteiger partial charge is 0.423 e. The second-order valence-corrected chi connectivity index (χ2v) is 14.5. The number of carbonyl (C=O) groups excluding carboxylic acids is 2. The lowest BCUT2D eigenvalue weighted by atomic mass is 10.1. The Bertz CT molecular complexity index is 1460. The van der Waals surface area contributed by atoms with Gasteiger partial charge in [-0.2, -0.15) is 8.42 Å². The van der Waals surface area contributed by atoms with Gasteiger partial charge in [-0.15, -0.1) is 0 Å². The minimum absolute atomic E-state index is 0.00946. The lowest BCUT2D eigenvalue weighted by Gasteiger charge is -2.16. The zero-order valence-electron chi connectivity index (χ0n) is 16.4. The summed E-state index contributed by atoms with van der Waals surface area (Å²) in [5, 5.41) is 0. The van der Waals surface area contributed by atoms with E-state index in [0.717, 1.165) is 3.57 Å². The van der Waals surface area contributed by atoms with E-state index in [-0.39, 0.29) is 43.6 Å². The normalized spacial score (nSPS) is 11.3. The van der Waals surface area contributed by atoms with Crippen molar-refractivity contribution in [3.05, 3.63) is 76.1 Å². The predicted octanol–water partition coefficient (Wildman–Crippen LogP) is 8.24. The van der Waals surface area contributed by atoms with Crippen molar-refractivity contribution in [2.24, 2.45) is 0 Å². The number of carbonyl (C=O) groups is 2. The average molecular weight is 1090 g/mol. The highest BCUT2D eigenvalue weighted by atomic mass is 127. The number of rotatable bonds is 5. The Balaban J connectivity index is 2.08. The minimum Gasteiger partial charge on any atom is -0.423 e. The quantitative estimate of drug-likeness (QED) is 0.0686. The molecule has 3 aromatic carbocycles. The molecule has 0 aliphatic carbocycles. The molecule has 0 bridgehead atoms. The molecule has 0 unspecified atom stereocenters. The first kappa shape index (κ1) is 30.2. The van der Waals surface area contributed by atoms with Crippen LogP contribution in [0.15, 0.2) is 59.2 Å². The summed E-state index contributed by atoms with van der Waals surface area (Å²) >= 11 is 19.0. The van der Waals surface area contributed by atoms with Crippen molar-refractivity contribution in [1.82, 2.24) is 0 Å². The summed E-state index contributed by atoms with van der Waals surface area (Å²) in [4.78, 5) is 26.2. The van der Waals surface area contributed by atoms with Crippen molar-refractivity contribution in [3.63, 3.8) is 0 Å². The molecule has 0 saturated heterocycles. The summed E-state index contributed by atoms with van der Waals surface area (Å²) in [5.41, 5.74) is -0.235. The first-order valence-electron chi connectivity index (χ1n) is 8.74. The highest BCUT2D eigenvalue weighted by Crippen LogP contribution is 2.43. The smallest absolute Gasteiger partial charge is 0.345 e. The summed E-state index contributed by atoms with van der Waals surface area (Å²) in [6, 6.07) is 9.33. The molecule has 0 heterocycles. The van der Waals surface area contributed by atoms with Gasteiger partial charge in [-0.05, 0) is 168 Å². The molecule has 0 atom stereocenters. The van der Waals surface area contributed by atoms with Gasteiger partial charge in [0, 0.05) is 28.6 Å². The van der Waals surface area contributed by atoms with Crippen molar-refractivity contribution < 1.29 is 32.0 Å². The Hall–Kier alpha value is 0.620. The van der Waals surface area contributed by atoms with Crippen LogP contribution in [0, 0.1) is 10.7 Å². The maximum absolute atomic E-state index is 13.3. The molecule has 0 radical (unpaired) electrons. The fourth-order valence-corrected chi connectivity index (χ4v) is 9.47. The molecule has 1 N–H and O–H groups in total. The summed E-state index contributed by atoms with van der Waals surface area (Å²) in [6.45, 7) is 0. The van der Waals surface area contributed by atoms with Crippen LogP contribution in [0.2, 0.25) is 0 Å². The van der Waals surface area contributed by atoms with Crippen LogP contribution in [0.5, 0.6) is 11.5 Å². The van der Waals surface area contributed by atoms with Gasteiger partial charge in [0.1, 0.15) is 16.4 Å². The maximum Gasteiger partial charge on any atom is 0.345 e. The third-order valence-corrected chi connectivity index (χ3v) is 13.0. The van der Waals surface area contributed by atoms with Crippen LogP contribution in [0.4, 0.5) is 0 Å². The lowest BCUT2D eigenvalue weighted by Crippen LogP contribution is -2.20. The predicted molar refractivity (Wildman–Crippen MR) is 168 cm³/mol. The van der Waals surface area contributed by atoms with E-state index in [1.165, 1.54) is 12.1 Å². The monoisotopic (exact) mass is 1090 g/mol. The molecule has 0 aromatic heterocycles. The van der Waals surface area contributed by atoms with Crippen molar-refractivity contribution in [3.8, 4) is 11.5 Å². The first-order chi connectivity index (χ1) is 16.2. The molecule has 0 amide bonds. The summed E-state index contributed by atoms with van der Waals surface area (Å²) in [7, 11) is -4.48. The Morgan fingerprint density at radius 1 is 0.714 bits per heavy atom. The van der Waals surface area contributed by atoms with E-state index in [4.69, 9.17) is 9.47 Å². The fourth-order valence-electron chi connectivity index (χ4n) is 2.68. The van der Waals surface area contributed by atoms with Gasteiger partial charge in [0.2, 0.25) is 0 Å². The van der Waals surface area contributed by atoms with Gasteiger partial charge in [-0.1, -0.05) is 0 Å². The van der Waals surface area contributed by atoms with Crippen molar-refractivity contribution in [2.45, 2.75) is 4.90 Å². The van der Waals surface area contributed by atoms with E-state index >= 15 is 0 Å². The van der Waals surface area contributed by atoms with Crippen LogP contribution in [0.1, 0.15) is 20.7 Å². The van der Waals surface area contributed by atoms with Crippen LogP contribution in [-0.4, -0.2) is 24.9 Å². The van der Waals surface area contributed by atoms with E-state index < -0.39 is 22.1 Å². The van der Waals surface area contributed by atoms with Crippen LogP contribution in [-0.2, 0) is 10.1 Å². The molecule has 3 aromatic rings. The highest BCUT2D eigenvalue weighted by Gasteiger charge is 2.31. The highest BCUT2D eigenvalue weighted by molar-refractivity contribution is 14.1. The molecular weight excluding hydrogens is 1080 g/mol. The van der Waals surface area contributed by atoms with Crippen LogP contribution in [0.25, 0.3) is 0 Å². The van der Waals surface area contributed by atoms with Crippen LogP contribution in [0.3, 0.4) is 0 Å². The number of esters is 2. The molecule has 184 valence electrons. The third-order valence-electron chi connectivity index (χ3n) is 4.14. The Labute approximate surface area is 274 Å². The first-order valence-corrected chi connectivity index (χ1v) is 16.6. The molecule has 15 heteroatoms. The number of ether oxygens (including phenoxy) is 2. The van der Waals surface area contributed by atoms with Gasteiger partial charge in [0.15, 0.2) is 0 Å². The van der Waals surface area contributed by atoms with Crippen LogP contribution < -0.4 is 9.47 Å². The van der Waals surface area contributed by atoms with E-state index in [0.29, 0.717) is 8.95 Å². The van der Waals surface area contributed by atoms with Crippen molar-refractivity contribution in [1.29, 1.82) is 0 Å². The molecule has 3 rings (SSSR count). The second-order valence-electron chi connectivity index (χ2n) is 6.43. The van der Waals surface area contributed by atoms with Gasteiger partial charge in [-0.25, -0.2) is 9.59 Å². The van der Waals surface area contributed by atoms with Crippen molar-refractivity contribution >= 4 is 154 Å². The van der Waals surface area contributed by atoms with Crippen molar-refractivity contribution in [2.75, 3.05) is 0 Å². The number of halogens is 7. The molecule has 0 aliphatic rings. The molecule has 0 saturated carbocycles. The zero-order valence-corrected chi connectivity index (χ0v) is 30.0. The molecule has 0 fully saturated rings. The van der Waals surface area contributed by atoms with E-state index in [2.05, 4.69) is 86.3 Å². The van der Waals surface area contributed by atoms with Gasteiger partial charge >= 0.3 is 11.9 Å². The SMILES string of the molecule is O=C(Oc1ccc(I)cc1)c1c(Br)c(Br)c(Br)c(Br)c1C(=O)Oc1cc(I)c(S(=O)(=O)O)c(I)c1. The zero-order chi connectivity index (χ0) is 26.2. The molecule has 35 heavy (non-hydrogen) atoms. The molecule has 0 aliphatic heterocycles. The summed E-state index contributed by atoms with van der Waals surface area (Å²) < 4.78 is 46.3. The maximum atomic E-state index is 13.3. The number of hydrogen-bond acceptors (Lipinski definition) is 6. The standard InChI is InChI=1S/C20H7Br4I3O7S/c21-14-12(19(28)33-8-3-1-7(25)2-4-8)13(15(22)17(24)16(14)23)20(29)34-9-5-10(26)18(11(27)6-9)35(30,31)32/h1-6H,(H,30,31,32). The lowest BCUT2D eigenvalue weighted by molar-refractivity contribution is 0.0690. The van der Waals surface area contributed by atoms with E-state index in [1.54, 1.807) is 69.4 Å². The topological polar surface area (TPSA) is 107 Å². The van der Waals surface area contributed by atoms with E-state index in [1.807, 2.05) is 0 Å². The summed E-state index contributed by atoms with van der Waals surface area (Å²) in [5.74, 6) is -1.44. The third kappa shape index (κ3) is 6.99. The van der Waals surface area contributed by atoms with E-state index in [9.17, 15) is 22.6 Å². The van der Waals surface area contributed by atoms with Gasteiger partial charge < -0.3 is 9.47 Å². The van der Waals surface area contributed by atoms with Gasteiger partial charge in [0.05, 0.1) is 11.1 Å². The molecule has 7 nitrogen and oxygen atoms in total. The Morgan fingerprint density at radius 3 is 1.51 bits per heavy atom. The van der Waals surface area contributed by atoms with Gasteiger partial charge in [0.25, 0.3) is 10.1 Å². The van der Waals surface area contributed by atoms with Gasteiger partial charge in [-0.3, -0.25) is 4.55 Å². The Morgan fingerprint density at radius 2 is 1.11 bits per heavy atom. The molecule has 0 spiro atoms. The second kappa shape index (κ2) is 12.2. The number of hydrogen-bond donors (Lipinski definition) is 1. The fraction of sp³-hybridized carbons (Fsp3) is 0. The number of benzene rings is 3. The summed E-state index contributed by atoms with van der Waals surface area (Å²) in [6.07, 6.45) is 0. The molecular formula is C20H7Br4I3O7S. The minimum atomic E-state index is -4.48. The van der Waals surface area contributed by atoms with Crippen LogP contribution >= 0.6 is 131 Å². The Kier molecular flexibility index (Phi) is 10.5. The average Bonchev–Trinajstić information content (AvgIpc) is 2.74.